The maximum atomic E-state index is 12.2. The van der Waals surface area contributed by atoms with E-state index in [1.54, 1.807) is 6.92 Å². The van der Waals surface area contributed by atoms with Crippen LogP contribution in [0.25, 0.3) is 0 Å². The molecule has 0 radical (unpaired) electrons. The average Bonchev–Trinajstić information content (AvgIpc) is 2.87. The third-order valence-corrected chi connectivity index (χ3v) is 5.91. The van der Waals surface area contributed by atoms with Gasteiger partial charge in [0.05, 0.1) is 16.5 Å². The van der Waals surface area contributed by atoms with Crippen LogP contribution in [-0.4, -0.2) is 60.9 Å². The Morgan fingerprint density at radius 2 is 2.08 bits per heavy atom. The van der Waals surface area contributed by atoms with Crippen molar-refractivity contribution in [1.82, 2.24) is 9.88 Å². The van der Waals surface area contributed by atoms with E-state index in [4.69, 9.17) is 27.9 Å². The van der Waals surface area contributed by atoms with Gasteiger partial charge in [-0.1, -0.05) is 23.2 Å². The summed E-state index contributed by atoms with van der Waals surface area (Å²) in [6.07, 6.45) is 0.386. The van der Waals surface area contributed by atoms with E-state index < -0.39 is 28.3 Å². The van der Waals surface area contributed by atoms with E-state index >= 15 is 0 Å². The molecule has 0 bridgehead atoms. The van der Waals surface area contributed by atoms with Gasteiger partial charge in [-0.2, -0.15) is 0 Å². The fourth-order valence-electron chi connectivity index (χ4n) is 2.50. The zero-order valence-electron chi connectivity index (χ0n) is 12.9. The van der Waals surface area contributed by atoms with Crippen LogP contribution in [0.4, 0.5) is 0 Å². The summed E-state index contributed by atoms with van der Waals surface area (Å²) in [5, 5.41) is 0.134. The second-order valence-corrected chi connectivity index (χ2v) is 8.30. The van der Waals surface area contributed by atoms with Gasteiger partial charge in [-0.15, -0.1) is 0 Å². The van der Waals surface area contributed by atoms with Crippen molar-refractivity contribution in [3.05, 3.63) is 28.0 Å². The van der Waals surface area contributed by atoms with Crippen molar-refractivity contribution in [2.75, 3.05) is 24.7 Å². The molecule has 1 atom stereocenters. The number of carbonyl (C=O) groups excluding carboxylic acids is 2. The van der Waals surface area contributed by atoms with Crippen LogP contribution in [0.3, 0.4) is 0 Å². The van der Waals surface area contributed by atoms with Gasteiger partial charge >= 0.3 is 5.97 Å². The minimum absolute atomic E-state index is 0.0588. The highest BCUT2D eigenvalue weighted by Gasteiger charge is 2.34. The number of sulfone groups is 1. The minimum Gasteiger partial charge on any atom is -0.451 e. The summed E-state index contributed by atoms with van der Waals surface area (Å²) in [5.41, 5.74) is -0.177. The summed E-state index contributed by atoms with van der Waals surface area (Å²) in [7, 11) is -3.11. The number of halogens is 2. The molecule has 1 aromatic rings. The second kappa shape index (κ2) is 7.67. The largest absolute Gasteiger partial charge is 0.451 e. The van der Waals surface area contributed by atoms with Crippen LogP contribution in [0.15, 0.2) is 12.1 Å². The van der Waals surface area contributed by atoms with Crippen molar-refractivity contribution in [3.8, 4) is 0 Å². The average molecular weight is 395 g/mol. The highest BCUT2D eigenvalue weighted by atomic mass is 35.5. The first-order chi connectivity index (χ1) is 11.2. The van der Waals surface area contributed by atoms with Gasteiger partial charge in [0.25, 0.3) is 5.91 Å². The number of amides is 1. The van der Waals surface area contributed by atoms with Crippen molar-refractivity contribution in [3.63, 3.8) is 0 Å². The van der Waals surface area contributed by atoms with Gasteiger partial charge in [0.1, 0.15) is 5.15 Å². The Balaban J connectivity index is 1.98. The highest BCUT2D eigenvalue weighted by Crippen LogP contribution is 2.19. The molecule has 1 aliphatic heterocycles. The molecule has 1 fully saturated rings. The van der Waals surface area contributed by atoms with Gasteiger partial charge in [-0.05, 0) is 25.5 Å². The summed E-state index contributed by atoms with van der Waals surface area (Å²) in [6.45, 7) is 1.54. The summed E-state index contributed by atoms with van der Waals surface area (Å²) >= 11 is 11.5. The van der Waals surface area contributed by atoms with Crippen molar-refractivity contribution < 1.29 is 22.7 Å². The van der Waals surface area contributed by atoms with E-state index in [0.29, 0.717) is 13.0 Å². The Morgan fingerprint density at radius 3 is 2.67 bits per heavy atom. The molecule has 10 heteroatoms. The van der Waals surface area contributed by atoms with Crippen LogP contribution in [0.5, 0.6) is 0 Å². The molecule has 0 N–H and O–H groups in total. The summed E-state index contributed by atoms with van der Waals surface area (Å²) in [5.74, 6) is -1.34. The van der Waals surface area contributed by atoms with E-state index in [1.807, 2.05) is 0 Å². The molecule has 7 nitrogen and oxygen atoms in total. The van der Waals surface area contributed by atoms with Gasteiger partial charge in [0.2, 0.25) is 0 Å². The molecule has 0 spiro atoms. The van der Waals surface area contributed by atoms with E-state index in [1.165, 1.54) is 17.0 Å². The molecule has 1 aromatic heterocycles. The summed E-state index contributed by atoms with van der Waals surface area (Å²) in [6, 6.07) is 2.43. The molecule has 0 aliphatic carbocycles. The number of rotatable bonds is 5. The normalized spacial score (nSPS) is 19.0. The van der Waals surface area contributed by atoms with Crippen LogP contribution >= 0.6 is 23.2 Å². The quantitative estimate of drug-likeness (QED) is 0.555. The molecular formula is C14H16Cl2N2O5S. The van der Waals surface area contributed by atoms with Gasteiger partial charge in [-0.3, -0.25) is 4.79 Å². The van der Waals surface area contributed by atoms with Gasteiger partial charge in [0, 0.05) is 12.6 Å². The van der Waals surface area contributed by atoms with Gasteiger partial charge in [0.15, 0.2) is 22.1 Å². The lowest BCUT2D eigenvalue weighted by atomic mass is 10.2. The Bertz CT molecular complexity index is 754. The van der Waals surface area contributed by atoms with Crippen LogP contribution in [-0.2, 0) is 19.4 Å². The standard InChI is InChI=1S/C14H16Cl2N2O5S/c1-2-18(9-5-6-24(21,22)8-9)12(19)7-23-14(20)13-10(15)3-4-11(16)17-13/h3-4,9H,2,5-8H2,1H3/t9-/m0/s1. The lowest BCUT2D eigenvalue weighted by Crippen LogP contribution is -2.43. The topological polar surface area (TPSA) is 93.6 Å². The minimum atomic E-state index is -3.11. The third-order valence-electron chi connectivity index (χ3n) is 3.64. The number of hydrogen-bond acceptors (Lipinski definition) is 6. The molecule has 1 amide bonds. The number of aromatic nitrogens is 1. The number of nitrogens with zero attached hydrogens (tertiary/aromatic N) is 2. The third kappa shape index (κ3) is 4.58. The van der Waals surface area contributed by atoms with E-state index in [0.717, 1.165) is 0 Å². The van der Waals surface area contributed by atoms with Crippen LogP contribution in [0.2, 0.25) is 10.2 Å². The van der Waals surface area contributed by atoms with Crippen molar-refractivity contribution in [2.24, 2.45) is 0 Å². The number of esters is 1. The Labute approximate surface area is 149 Å². The fraction of sp³-hybridized carbons (Fsp3) is 0.500. The van der Waals surface area contributed by atoms with Crippen molar-refractivity contribution in [1.29, 1.82) is 0 Å². The Kier molecular flexibility index (Phi) is 6.06. The van der Waals surface area contributed by atoms with Crippen molar-refractivity contribution >= 4 is 44.9 Å². The molecular weight excluding hydrogens is 379 g/mol. The maximum absolute atomic E-state index is 12.2. The van der Waals surface area contributed by atoms with E-state index in [-0.39, 0.29) is 33.4 Å². The lowest BCUT2D eigenvalue weighted by molar-refractivity contribution is -0.136. The lowest BCUT2D eigenvalue weighted by Gasteiger charge is -2.26. The number of ether oxygens (including phenoxy) is 1. The number of likely N-dealkylation sites (N-methyl/N-ethyl adjacent to an activating group) is 1. The van der Waals surface area contributed by atoms with Gasteiger partial charge < -0.3 is 9.64 Å². The summed E-state index contributed by atoms with van der Waals surface area (Å²) < 4.78 is 28.0. The molecule has 0 saturated carbocycles. The van der Waals surface area contributed by atoms with Crippen LogP contribution in [0, 0.1) is 0 Å². The first kappa shape index (κ1) is 19.0. The first-order valence-corrected chi connectivity index (χ1v) is 9.80. The molecule has 1 aliphatic rings. The SMILES string of the molecule is CCN(C(=O)COC(=O)c1nc(Cl)ccc1Cl)[C@H]1CCS(=O)(=O)C1. The molecule has 0 unspecified atom stereocenters. The molecule has 2 heterocycles. The maximum Gasteiger partial charge on any atom is 0.359 e. The molecule has 0 aromatic carbocycles. The van der Waals surface area contributed by atoms with E-state index in [9.17, 15) is 18.0 Å². The fourth-order valence-corrected chi connectivity index (χ4v) is 4.56. The van der Waals surface area contributed by atoms with Crippen LogP contribution in [0.1, 0.15) is 23.8 Å². The molecule has 132 valence electrons. The number of carbonyl (C=O) groups is 2. The predicted molar refractivity (Wildman–Crippen MR) is 89.0 cm³/mol. The molecule has 24 heavy (non-hydrogen) atoms. The second-order valence-electron chi connectivity index (χ2n) is 5.28. The summed E-state index contributed by atoms with van der Waals surface area (Å²) in [4.78, 5) is 29.4. The van der Waals surface area contributed by atoms with Crippen LogP contribution < -0.4 is 0 Å². The number of pyridine rings is 1. The predicted octanol–water partition coefficient (Wildman–Crippen LogP) is 1.58. The van der Waals surface area contributed by atoms with Crippen molar-refractivity contribution in [2.45, 2.75) is 19.4 Å². The smallest absolute Gasteiger partial charge is 0.359 e. The first-order valence-electron chi connectivity index (χ1n) is 7.22. The molecule has 2 rings (SSSR count). The molecule has 1 saturated heterocycles. The zero-order chi connectivity index (χ0) is 17.9. The van der Waals surface area contributed by atoms with E-state index in [2.05, 4.69) is 4.98 Å². The number of hydrogen-bond donors (Lipinski definition) is 0. The Hall–Kier alpha value is -1.38. The monoisotopic (exact) mass is 394 g/mol. The van der Waals surface area contributed by atoms with Gasteiger partial charge in [-0.25, -0.2) is 18.2 Å². The Morgan fingerprint density at radius 1 is 1.38 bits per heavy atom. The highest BCUT2D eigenvalue weighted by molar-refractivity contribution is 7.91. The zero-order valence-corrected chi connectivity index (χ0v) is 15.2.